The number of anilines is 1. The first-order chi connectivity index (χ1) is 13.8. The zero-order chi connectivity index (χ0) is 18.9. The molecule has 0 saturated carbocycles. The molecule has 28 heavy (non-hydrogen) atoms. The second-order valence-corrected chi connectivity index (χ2v) is 6.99. The van der Waals surface area contributed by atoms with Crippen LogP contribution in [0.3, 0.4) is 0 Å². The third kappa shape index (κ3) is 2.99. The highest BCUT2D eigenvalue weighted by Crippen LogP contribution is 2.29. The average molecular weight is 371 g/mol. The van der Waals surface area contributed by atoms with Crippen molar-refractivity contribution in [3.8, 4) is 17.1 Å². The van der Waals surface area contributed by atoms with Crippen LogP contribution >= 0.6 is 0 Å². The third-order valence-electron chi connectivity index (χ3n) is 5.07. The van der Waals surface area contributed by atoms with Crippen molar-refractivity contribution < 1.29 is 0 Å². The number of nitrogens with one attached hydrogen (secondary N) is 1. The minimum atomic E-state index is 0.833. The predicted molar refractivity (Wildman–Crippen MR) is 110 cm³/mol. The number of benzene rings is 1. The molecule has 1 N–H and O–H groups in total. The fourth-order valence-electron chi connectivity index (χ4n) is 3.57. The fraction of sp³-hybridized carbons (Fsp3) is 0.238. The number of piperazine rings is 1. The summed E-state index contributed by atoms with van der Waals surface area (Å²) in [4.78, 5) is 12.2. The molecule has 7 nitrogen and oxygen atoms in total. The van der Waals surface area contributed by atoms with Gasteiger partial charge in [0.15, 0.2) is 5.65 Å². The fourth-order valence-corrected chi connectivity index (χ4v) is 3.57. The van der Waals surface area contributed by atoms with Crippen LogP contribution in [-0.4, -0.2) is 50.9 Å². The number of fused-ring (bicyclic) bond motifs is 1. The van der Waals surface area contributed by atoms with Crippen LogP contribution in [0.25, 0.3) is 28.2 Å². The molecule has 4 heterocycles. The highest BCUT2D eigenvalue weighted by Gasteiger charge is 2.18. The normalized spacial score (nSPS) is 14.5. The summed E-state index contributed by atoms with van der Waals surface area (Å²) in [7, 11) is 0. The number of aryl methyl sites for hydroxylation is 1. The largest absolute Gasteiger partial charge is 0.354 e. The van der Waals surface area contributed by atoms with E-state index in [1.54, 1.807) is 12.4 Å². The van der Waals surface area contributed by atoms with Crippen molar-refractivity contribution in [3.63, 3.8) is 0 Å². The summed E-state index contributed by atoms with van der Waals surface area (Å²) in [6.45, 7) is 5.94. The molecule has 1 fully saturated rings. The van der Waals surface area contributed by atoms with Crippen molar-refractivity contribution in [2.24, 2.45) is 0 Å². The van der Waals surface area contributed by atoms with Gasteiger partial charge in [0.1, 0.15) is 17.2 Å². The van der Waals surface area contributed by atoms with Gasteiger partial charge in [-0.05, 0) is 25.1 Å². The van der Waals surface area contributed by atoms with Crippen LogP contribution in [0.4, 0.5) is 5.82 Å². The van der Waals surface area contributed by atoms with Gasteiger partial charge in [0.25, 0.3) is 0 Å². The molecule has 7 heteroatoms. The number of nitrogens with zero attached hydrogens (tertiary/aromatic N) is 6. The number of pyridine rings is 1. The number of hydrogen-bond donors (Lipinski definition) is 1. The molecule has 0 amide bonds. The van der Waals surface area contributed by atoms with E-state index in [4.69, 9.17) is 9.97 Å². The molecular weight excluding hydrogens is 350 g/mol. The number of aromatic nitrogens is 5. The van der Waals surface area contributed by atoms with E-state index in [2.05, 4.69) is 68.3 Å². The molecule has 0 unspecified atom stereocenters. The molecule has 1 aliphatic rings. The monoisotopic (exact) mass is 371 g/mol. The summed E-state index contributed by atoms with van der Waals surface area (Å²) in [5.41, 5.74) is 4.86. The van der Waals surface area contributed by atoms with Crippen LogP contribution < -0.4 is 10.2 Å². The second-order valence-electron chi connectivity index (χ2n) is 6.99. The van der Waals surface area contributed by atoms with Crippen molar-refractivity contribution in [1.82, 2.24) is 30.0 Å². The average Bonchev–Trinajstić information content (AvgIpc) is 3.14. The maximum absolute atomic E-state index is 4.99. The molecule has 0 aliphatic carbocycles. The predicted octanol–water partition coefficient (Wildman–Crippen LogP) is 2.60. The summed E-state index contributed by atoms with van der Waals surface area (Å²) in [5, 5.41) is 11.4. The Balaban J connectivity index is 1.71. The van der Waals surface area contributed by atoms with Gasteiger partial charge in [0.2, 0.25) is 0 Å². The molecule has 3 aromatic heterocycles. The standard InChI is InChI=1S/C21H21N7/c1-15-2-4-16(5-3-15)20-25-18-6-7-19(27-12-10-22-11-13-27)26-21(18)28(20)17-8-9-23-24-14-17/h2-9,14,22H,10-13H2,1H3. The summed E-state index contributed by atoms with van der Waals surface area (Å²) in [6, 6.07) is 14.5. The van der Waals surface area contributed by atoms with Gasteiger partial charge in [0, 0.05) is 31.7 Å². The first-order valence-corrected chi connectivity index (χ1v) is 9.49. The lowest BCUT2D eigenvalue weighted by Gasteiger charge is -2.28. The molecule has 1 aliphatic heterocycles. The Labute approximate surface area is 163 Å². The highest BCUT2D eigenvalue weighted by molar-refractivity contribution is 5.81. The number of imidazole rings is 1. The maximum Gasteiger partial charge on any atom is 0.167 e. The Kier molecular flexibility index (Phi) is 4.21. The minimum absolute atomic E-state index is 0.833. The molecular formula is C21H21N7. The van der Waals surface area contributed by atoms with Crippen LogP contribution in [-0.2, 0) is 0 Å². The molecule has 0 radical (unpaired) electrons. The van der Waals surface area contributed by atoms with E-state index in [0.29, 0.717) is 0 Å². The lowest BCUT2D eigenvalue weighted by atomic mass is 10.1. The van der Waals surface area contributed by atoms with Crippen molar-refractivity contribution >= 4 is 17.0 Å². The molecule has 140 valence electrons. The Bertz CT molecular complexity index is 1100. The van der Waals surface area contributed by atoms with E-state index in [-0.39, 0.29) is 0 Å². The van der Waals surface area contributed by atoms with E-state index in [1.165, 1.54) is 5.56 Å². The highest BCUT2D eigenvalue weighted by atomic mass is 15.3. The Hall–Kier alpha value is -3.32. The van der Waals surface area contributed by atoms with Crippen LogP contribution in [0.5, 0.6) is 0 Å². The lowest BCUT2D eigenvalue weighted by Crippen LogP contribution is -2.43. The molecule has 0 atom stereocenters. The van der Waals surface area contributed by atoms with Crippen LogP contribution in [0.15, 0.2) is 54.9 Å². The van der Waals surface area contributed by atoms with Gasteiger partial charge in [0.05, 0.1) is 18.1 Å². The van der Waals surface area contributed by atoms with Crippen LogP contribution in [0.2, 0.25) is 0 Å². The van der Waals surface area contributed by atoms with Crippen molar-refractivity contribution in [2.45, 2.75) is 6.92 Å². The number of rotatable bonds is 3. The maximum atomic E-state index is 4.99. The second kappa shape index (κ2) is 7.01. The molecule has 4 aromatic rings. The third-order valence-corrected chi connectivity index (χ3v) is 5.07. The molecule has 1 aromatic carbocycles. The van der Waals surface area contributed by atoms with Crippen molar-refractivity contribution in [2.75, 3.05) is 31.1 Å². The van der Waals surface area contributed by atoms with Crippen LogP contribution in [0.1, 0.15) is 5.56 Å². The summed E-state index contributed by atoms with van der Waals surface area (Å²) < 4.78 is 2.07. The van der Waals surface area contributed by atoms with E-state index in [1.807, 2.05) is 6.07 Å². The Morgan fingerprint density at radius 1 is 0.893 bits per heavy atom. The van der Waals surface area contributed by atoms with Gasteiger partial charge in [-0.1, -0.05) is 29.8 Å². The topological polar surface area (TPSA) is 71.8 Å². The summed E-state index contributed by atoms with van der Waals surface area (Å²) in [5.74, 6) is 1.83. The summed E-state index contributed by atoms with van der Waals surface area (Å²) in [6.07, 6.45) is 3.44. The van der Waals surface area contributed by atoms with Gasteiger partial charge in [-0.25, -0.2) is 9.97 Å². The first-order valence-electron chi connectivity index (χ1n) is 9.49. The van der Waals surface area contributed by atoms with Crippen LogP contribution in [0, 0.1) is 6.92 Å². The van der Waals surface area contributed by atoms with Crippen molar-refractivity contribution in [3.05, 3.63) is 60.4 Å². The molecule has 0 spiro atoms. The lowest BCUT2D eigenvalue weighted by molar-refractivity contribution is 0.585. The number of hydrogen-bond acceptors (Lipinski definition) is 6. The zero-order valence-corrected chi connectivity index (χ0v) is 15.7. The quantitative estimate of drug-likeness (QED) is 0.597. The Morgan fingerprint density at radius 3 is 2.46 bits per heavy atom. The van der Waals surface area contributed by atoms with E-state index >= 15 is 0 Å². The van der Waals surface area contributed by atoms with Gasteiger partial charge >= 0.3 is 0 Å². The smallest absolute Gasteiger partial charge is 0.167 e. The van der Waals surface area contributed by atoms with Gasteiger partial charge in [-0.2, -0.15) is 10.2 Å². The molecule has 0 bridgehead atoms. The van der Waals surface area contributed by atoms with Gasteiger partial charge in [-0.15, -0.1) is 0 Å². The molecule has 5 rings (SSSR count). The minimum Gasteiger partial charge on any atom is -0.354 e. The SMILES string of the molecule is Cc1ccc(-c2nc3ccc(N4CCNCC4)nc3n2-c2ccnnc2)cc1. The van der Waals surface area contributed by atoms with Crippen molar-refractivity contribution in [1.29, 1.82) is 0 Å². The van der Waals surface area contributed by atoms with E-state index in [0.717, 1.165) is 60.2 Å². The summed E-state index contributed by atoms with van der Waals surface area (Å²) >= 11 is 0. The van der Waals surface area contributed by atoms with Gasteiger partial charge in [-0.3, -0.25) is 4.57 Å². The first kappa shape index (κ1) is 16.8. The van der Waals surface area contributed by atoms with E-state index < -0.39 is 0 Å². The van der Waals surface area contributed by atoms with E-state index in [9.17, 15) is 0 Å². The zero-order valence-electron chi connectivity index (χ0n) is 15.7. The Morgan fingerprint density at radius 2 is 1.71 bits per heavy atom. The van der Waals surface area contributed by atoms with Gasteiger partial charge < -0.3 is 10.2 Å². The molecule has 1 saturated heterocycles.